The van der Waals surface area contributed by atoms with E-state index in [9.17, 15) is 4.79 Å². The number of nitrogens with zero attached hydrogens (tertiary/aromatic N) is 4. The van der Waals surface area contributed by atoms with Crippen LogP contribution in [0.25, 0.3) is 5.69 Å². The highest BCUT2D eigenvalue weighted by Gasteiger charge is 2.21. The van der Waals surface area contributed by atoms with Crippen molar-refractivity contribution in [1.82, 2.24) is 19.7 Å². The van der Waals surface area contributed by atoms with Crippen LogP contribution in [0.2, 0.25) is 0 Å². The summed E-state index contributed by atoms with van der Waals surface area (Å²) in [6, 6.07) is 8.08. The number of amides is 1. The fourth-order valence-electron chi connectivity index (χ4n) is 3.02. The zero-order valence-electron chi connectivity index (χ0n) is 14.3. The van der Waals surface area contributed by atoms with Gasteiger partial charge in [0.1, 0.15) is 12.7 Å². The van der Waals surface area contributed by atoms with Crippen LogP contribution in [0.3, 0.4) is 0 Å². The van der Waals surface area contributed by atoms with E-state index in [0.717, 1.165) is 37.1 Å². The van der Waals surface area contributed by atoms with Gasteiger partial charge in [-0.25, -0.2) is 9.67 Å². The van der Waals surface area contributed by atoms with Crippen molar-refractivity contribution in [2.24, 2.45) is 0 Å². The molecule has 0 aliphatic carbocycles. The Balaban J connectivity index is 1.57. The molecule has 128 valence electrons. The number of aromatic nitrogens is 3. The van der Waals surface area contributed by atoms with E-state index < -0.39 is 0 Å². The van der Waals surface area contributed by atoms with Crippen LogP contribution in [-0.4, -0.2) is 45.3 Å². The molecule has 2 atom stereocenters. The van der Waals surface area contributed by atoms with Crippen molar-refractivity contribution in [3.8, 4) is 5.69 Å². The van der Waals surface area contributed by atoms with Crippen LogP contribution in [0.5, 0.6) is 0 Å². The monoisotopic (exact) mass is 328 g/mol. The van der Waals surface area contributed by atoms with Crippen molar-refractivity contribution in [3.05, 3.63) is 42.5 Å². The quantitative estimate of drug-likeness (QED) is 0.818. The van der Waals surface area contributed by atoms with Gasteiger partial charge in [-0.05, 0) is 43.9 Å². The molecule has 1 aliphatic heterocycles. The molecule has 0 radical (unpaired) electrons. The lowest BCUT2D eigenvalue weighted by molar-refractivity contribution is -0.132. The summed E-state index contributed by atoms with van der Waals surface area (Å²) in [5.74, 6) is 0.165. The van der Waals surface area contributed by atoms with Gasteiger partial charge in [0.25, 0.3) is 0 Å². The van der Waals surface area contributed by atoms with E-state index in [2.05, 4.69) is 17.0 Å². The van der Waals surface area contributed by atoms with Gasteiger partial charge in [-0.3, -0.25) is 4.79 Å². The molecule has 0 saturated carbocycles. The summed E-state index contributed by atoms with van der Waals surface area (Å²) in [5.41, 5.74) is 2.06. The summed E-state index contributed by atoms with van der Waals surface area (Å²) in [7, 11) is 1.87. The van der Waals surface area contributed by atoms with Crippen molar-refractivity contribution >= 4 is 5.91 Å². The third-order valence-corrected chi connectivity index (χ3v) is 4.74. The normalized spacial score (nSPS) is 18.5. The second kappa shape index (κ2) is 7.57. The van der Waals surface area contributed by atoms with Crippen molar-refractivity contribution in [1.29, 1.82) is 0 Å². The van der Waals surface area contributed by atoms with Crippen LogP contribution >= 0.6 is 0 Å². The highest BCUT2D eigenvalue weighted by atomic mass is 16.5. The minimum absolute atomic E-state index is 0.0341. The summed E-state index contributed by atoms with van der Waals surface area (Å²) in [5, 5.41) is 4.12. The molecule has 1 aromatic carbocycles. The van der Waals surface area contributed by atoms with Crippen molar-refractivity contribution in [3.63, 3.8) is 0 Å². The van der Waals surface area contributed by atoms with Gasteiger partial charge in [0.15, 0.2) is 0 Å². The Morgan fingerprint density at radius 1 is 1.42 bits per heavy atom. The first-order valence-electron chi connectivity index (χ1n) is 8.47. The predicted octanol–water partition coefficient (Wildman–Crippen LogP) is 2.75. The van der Waals surface area contributed by atoms with Crippen LogP contribution in [-0.2, 0) is 9.53 Å². The summed E-state index contributed by atoms with van der Waals surface area (Å²) >= 11 is 0. The lowest BCUT2D eigenvalue weighted by atomic mass is 10.1. The minimum Gasteiger partial charge on any atom is -0.378 e. The molecule has 0 bridgehead atoms. The molecule has 2 aromatic rings. The van der Waals surface area contributed by atoms with Gasteiger partial charge >= 0.3 is 0 Å². The van der Waals surface area contributed by atoms with Crippen LogP contribution in [0, 0.1) is 0 Å². The molecule has 24 heavy (non-hydrogen) atoms. The highest BCUT2D eigenvalue weighted by Crippen LogP contribution is 2.22. The van der Waals surface area contributed by atoms with Crippen LogP contribution < -0.4 is 0 Å². The molecule has 6 nitrogen and oxygen atoms in total. The maximum atomic E-state index is 12.4. The van der Waals surface area contributed by atoms with Gasteiger partial charge in [0.2, 0.25) is 5.91 Å². The van der Waals surface area contributed by atoms with E-state index in [1.54, 1.807) is 11.0 Å². The van der Waals surface area contributed by atoms with E-state index in [1.807, 2.05) is 36.2 Å². The van der Waals surface area contributed by atoms with E-state index in [4.69, 9.17) is 4.74 Å². The Morgan fingerprint density at radius 3 is 2.83 bits per heavy atom. The first kappa shape index (κ1) is 16.6. The third kappa shape index (κ3) is 3.82. The number of carbonyl (C=O) groups is 1. The fraction of sp³-hybridized carbons (Fsp3) is 0.500. The van der Waals surface area contributed by atoms with Crippen LogP contribution in [0.15, 0.2) is 36.9 Å². The first-order chi connectivity index (χ1) is 11.6. The summed E-state index contributed by atoms with van der Waals surface area (Å²) < 4.78 is 7.31. The fourth-order valence-corrected chi connectivity index (χ4v) is 3.02. The van der Waals surface area contributed by atoms with Gasteiger partial charge in [-0.2, -0.15) is 5.10 Å². The molecule has 6 heteroatoms. The first-order valence-corrected chi connectivity index (χ1v) is 8.47. The number of carbonyl (C=O) groups excluding carboxylic acids is 1. The molecule has 1 aliphatic rings. The number of hydrogen-bond donors (Lipinski definition) is 0. The van der Waals surface area contributed by atoms with Gasteiger partial charge in [-0.15, -0.1) is 0 Å². The number of hydrogen-bond acceptors (Lipinski definition) is 4. The molecule has 1 saturated heterocycles. The smallest absolute Gasteiger partial charge is 0.222 e. The van der Waals surface area contributed by atoms with E-state index in [-0.39, 0.29) is 18.1 Å². The Labute approximate surface area is 142 Å². The Hall–Kier alpha value is -2.21. The van der Waals surface area contributed by atoms with E-state index >= 15 is 0 Å². The number of ether oxygens (including phenoxy) is 1. The number of rotatable bonds is 6. The SMILES string of the molecule is C[C@@H](c1ccc(-n2cncn2)cc1)N(C)C(=O)CC[C@@H]1CCCO1. The average Bonchev–Trinajstić information content (AvgIpc) is 3.32. The average molecular weight is 328 g/mol. The molecule has 3 rings (SSSR count). The maximum Gasteiger partial charge on any atom is 0.222 e. The highest BCUT2D eigenvalue weighted by molar-refractivity contribution is 5.76. The van der Waals surface area contributed by atoms with Crippen molar-refractivity contribution in [2.45, 2.75) is 44.8 Å². The van der Waals surface area contributed by atoms with E-state index in [0.29, 0.717) is 6.42 Å². The largest absolute Gasteiger partial charge is 0.378 e. The lowest BCUT2D eigenvalue weighted by Crippen LogP contribution is -2.30. The molecule has 0 spiro atoms. The zero-order valence-corrected chi connectivity index (χ0v) is 14.3. The summed E-state index contributed by atoms with van der Waals surface area (Å²) in [6.07, 6.45) is 7.00. The van der Waals surface area contributed by atoms with Gasteiger partial charge in [0, 0.05) is 20.1 Å². The zero-order chi connectivity index (χ0) is 16.9. The predicted molar refractivity (Wildman–Crippen MR) is 90.8 cm³/mol. The molecule has 1 fully saturated rings. The van der Waals surface area contributed by atoms with Crippen LogP contribution in [0.4, 0.5) is 0 Å². The Bertz CT molecular complexity index is 648. The second-order valence-corrected chi connectivity index (χ2v) is 6.29. The minimum atomic E-state index is 0.0341. The molecular formula is C18H24N4O2. The van der Waals surface area contributed by atoms with Gasteiger partial charge in [0.05, 0.1) is 17.8 Å². The topological polar surface area (TPSA) is 60.2 Å². The van der Waals surface area contributed by atoms with Crippen molar-refractivity contribution < 1.29 is 9.53 Å². The molecule has 0 unspecified atom stereocenters. The van der Waals surface area contributed by atoms with Gasteiger partial charge in [-0.1, -0.05) is 12.1 Å². The third-order valence-electron chi connectivity index (χ3n) is 4.74. The Kier molecular flexibility index (Phi) is 5.25. The van der Waals surface area contributed by atoms with Crippen molar-refractivity contribution in [2.75, 3.05) is 13.7 Å². The molecule has 0 N–H and O–H groups in total. The molecule has 2 heterocycles. The number of benzene rings is 1. The van der Waals surface area contributed by atoms with Crippen LogP contribution in [0.1, 0.15) is 44.2 Å². The molecule has 1 aromatic heterocycles. The van der Waals surface area contributed by atoms with E-state index in [1.165, 1.54) is 6.33 Å². The second-order valence-electron chi connectivity index (χ2n) is 6.29. The molecule has 1 amide bonds. The summed E-state index contributed by atoms with van der Waals surface area (Å²) in [6.45, 7) is 2.89. The Morgan fingerprint density at radius 2 is 2.21 bits per heavy atom. The summed E-state index contributed by atoms with van der Waals surface area (Å²) in [4.78, 5) is 18.2. The molecular weight excluding hydrogens is 304 g/mol. The lowest BCUT2D eigenvalue weighted by Gasteiger charge is -2.26. The standard InChI is InChI=1S/C18H24N4O2/c1-14(21(2)18(23)10-9-17-4-3-11-24-17)15-5-7-16(8-6-15)22-13-19-12-20-22/h5-8,12-14,17H,3-4,9-11H2,1-2H3/t14-,17-/m0/s1. The van der Waals surface area contributed by atoms with Gasteiger partial charge < -0.3 is 9.64 Å². The maximum absolute atomic E-state index is 12.4.